The van der Waals surface area contributed by atoms with Crippen molar-refractivity contribution in [2.24, 2.45) is 0 Å². The Morgan fingerprint density at radius 1 is 1.08 bits per heavy atom. The Bertz CT molecular complexity index is 767. The van der Waals surface area contributed by atoms with Crippen LogP contribution in [0.25, 0.3) is 0 Å². The number of piperazine rings is 2. The van der Waals surface area contributed by atoms with Crippen molar-refractivity contribution in [2.75, 3.05) is 33.3 Å². The Labute approximate surface area is 150 Å². The molecule has 3 saturated heterocycles. The van der Waals surface area contributed by atoms with Crippen LogP contribution < -0.4 is 4.74 Å². The van der Waals surface area contributed by atoms with Crippen LogP contribution in [0, 0.1) is 0 Å². The summed E-state index contributed by atoms with van der Waals surface area (Å²) in [6, 6.07) is 5.71. The van der Waals surface area contributed by atoms with Gasteiger partial charge in [0.25, 0.3) is 5.91 Å². The van der Waals surface area contributed by atoms with Gasteiger partial charge >= 0.3 is 0 Å². The van der Waals surface area contributed by atoms with Gasteiger partial charge in [-0.3, -0.25) is 14.4 Å². The van der Waals surface area contributed by atoms with Crippen LogP contribution in [0.2, 0.25) is 0 Å². The highest BCUT2D eigenvalue weighted by atomic mass is 16.5. The fourth-order valence-corrected chi connectivity index (χ4v) is 4.11. The summed E-state index contributed by atoms with van der Waals surface area (Å²) in [4.78, 5) is 43.0. The van der Waals surface area contributed by atoms with Gasteiger partial charge in [0.2, 0.25) is 11.8 Å². The van der Waals surface area contributed by atoms with Crippen molar-refractivity contribution in [3.63, 3.8) is 0 Å². The lowest BCUT2D eigenvalue weighted by atomic mass is 10.0. The molecule has 0 saturated carbocycles. The summed E-state index contributed by atoms with van der Waals surface area (Å²) < 4.78 is 5.26. The molecule has 4 rings (SSSR count). The highest BCUT2D eigenvalue weighted by Gasteiger charge is 2.52. The number of benzene rings is 1. The van der Waals surface area contributed by atoms with Gasteiger partial charge < -0.3 is 24.5 Å². The Morgan fingerprint density at radius 3 is 2.58 bits per heavy atom. The smallest absolute Gasteiger partial charge is 0.257 e. The Kier molecular flexibility index (Phi) is 4.07. The average molecular weight is 359 g/mol. The van der Waals surface area contributed by atoms with Crippen molar-refractivity contribution in [1.82, 2.24) is 14.7 Å². The van der Waals surface area contributed by atoms with E-state index in [0.717, 1.165) is 0 Å². The zero-order chi connectivity index (χ0) is 18.4. The summed E-state index contributed by atoms with van der Waals surface area (Å²) in [5, 5.41) is 9.83. The van der Waals surface area contributed by atoms with E-state index in [1.54, 1.807) is 34.1 Å². The molecule has 8 heteroatoms. The summed E-state index contributed by atoms with van der Waals surface area (Å²) in [5.41, 5.74) is 0.438. The number of para-hydroxylation sites is 1. The first-order valence-corrected chi connectivity index (χ1v) is 8.72. The van der Waals surface area contributed by atoms with Crippen molar-refractivity contribution >= 4 is 17.7 Å². The molecule has 26 heavy (non-hydrogen) atoms. The van der Waals surface area contributed by atoms with Crippen molar-refractivity contribution in [1.29, 1.82) is 0 Å². The molecule has 0 aliphatic carbocycles. The van der Waals surface area contributed by atoms with Crippen molar-refractivity contribution in [2.45, 2.75) is 24.6 Å². The SMILES string of the molecule is COc1ccccc1C(=O)N1CCN2C(=O)[C@@H]3C[C@@H](O)CN3C(=O)[C@H]2C1. The molecule has 0 radical (unpaired) electrons. The molecule has 1 N–H and O–H groups in total. The lowest BCUT2D eigenvalue weighted by molar-refractivity contribution is -0.162. The van der Waals surface area contributed by atoms with Crippen molar-refractivity contribution < 1.29 is 24.2 Å². The Balaban J connectivity index is 1.56. The summed E-state index contributed by atoms with van der Waals surface area (Å²) in [6.07, 6.45) is -0.377. The number of rotatable bonds is 2. The molecular formula is C18H21N3O5. The lowest BCUT2D eigenvalue weighted by Gasteiger charge is -2.47. The van der Waals surface area contributed by atoms with Gasteiger partial charge in [-0.15, -0.1) is 0 Å². The molecule has 8 nitrogen and oxygen atoms in total. The third kappa shape index (κ3) is 2.52. The number of hydrogen-bond acceptors (Lipinski definition) is 5. The maximum Gasteiger partial charge on any atom is 0.257 e. The standard InChI is InChI=1S/C18H21N3O5/c1-26-15-5-3-2-4-12(15)16(23)19-6-7-20-14(10-19)18(25)21-9-11(22)8-13(21)17(20)24/h2-5,11,13-14,22H,6-10H2,1H3/t11-,13+,14-/m1/s1. The Hall–Kier alpha value is -2.61. The molecule has 3 aliphatic heterocycles. The second kappa shape index (κ2) is 6.28. The number of carbonyl (C=O) groups is 3. The van der Waals surface area contributed by atoms with Gasteiger partial charge in [0.1, 0.15) is 17.8 Å². The van der Waals surface area contributed by atoms with E-state index < -0.39 is 18.2 Å². The predicted molar refractivity (Wildman–Crippen MR) is 90.5 cm³/mol. The summed E-state index contributed by atoms with van der Waals surface area (Å²) in [7, 11) is 1.51. The Morgan fingerprint density at radius 2 is 1.81 bits per heavy atom. The van der Waals surface area contributed by atoms with Gasteiger partial charge in [0.15, 0.2) is 0 Å². The third-order valence-corrected chi connectivity index (χ3v) is 5.42. The number of hydrogen-bond donors (Lipinski definition) is 1. The molecule has 0 aromatic heterocycles. The summed E-state index contributed by atoms with van der Waals surface area (Å²) in [6.45, 7) is 1.01. The van der Waals surface area contributed by atoms with Crippen LogP contribution in [0.1, 0.15) is 16.8 Å². The van der Waals surface area contributed by atoms with E-state index in [4.69, 9.17) is 4.74 Å². The quantitative estimate of drug-likeness (QED) is 0.756. The molecule has 3 aliphatic rings. The minimum Gasteiger partial charge on any atom is -0.496 e. The van der Waals surface area contributed by atoms with E-state index in [9.17, 15) is 19.5 Å². The van der Waals surface area contributed by atoms with Gasteiger partial charge in [0.05, 0.1) is 25.3 Å². The predicted octanol–water partition coefficient (Wildman–Crippen LogP) is -0.676. The second-order valence-electron chi connectivity index (χ2n) is 6.89. The van der Waals surface area contributed by atoms with Crippen LogP contribution in [0.3, 0.4) is 0 Å². The van der Waals surface area contributed by atoms with Crippen LogP contribution in [0.15, 0.2) is 24.3 Å². The van der Waals surface area contributed by atoms with E-state index in [1.165, 1.54) is 12.0 Å². The van der Waals surface area contributed by atoms with E-state index in [-0.39, 0.29) is 37.2 Å². The van der Waals surface area contributed by atoms with Crippen molar-refractivity contribution in [3.8, 4) is 5.75 Å². The molecule has 3 fully saturated rings. The van der Waals surface area contributed by atoms with E-state index in [1.807, 2.05) is 0 Å². The molecule has 138 valence electrons. The maximum absolute atomic E-state index is 12.9. The van der Waals surface area contributed by atoms with Gasteiger partial charge in [-0.25, -0.2) is 0 Å². The number of methoxy groups -OCH3 is 1. The zero-order valence-corrected chi connectivity index (χ0v) is 14.5. The van der Waals surface area contributed by atoms with E-state index >= 15 is 0 Å². The molecular weight excluding hydrogens is 338 g/mol. The fraction of sp³-hybridized carbons (Fsp3) is 0.500. The molecule has 3 heterocycles. The number of carbonyl (C=O) groups excluding carboxylic acids is 3. The van der Waals surface area contributed by atoms with Crippen LogP contribution in [0.5, 0.6) is 5.75 Å². The number of ether oxygens (including phenoxy) is 1. The highest BCUT2D eigenvalue weighted by Crippen LogP contribution is 2.30. The summed E-state index contributed by atoms with van der Waals surface area (Å²) in [5.74, 6) is -0.0566. The van der Waals surface area contributed by atoms with Crippen molar-refractivity contribution in [3.05, 3.63) is 29.8 Å². The molecule has 0 spiro atoms. The van der Waals surface area contributed by atoms with Gasteiger partial charge in [0, 0.05) is 26.1 Å². The third-order valence-electron chi connectivity index (χ3n) is 5.42. The topological polar surface area (TPSA) is 90.4 Å². The van der Waals surface area contributed by atoms with Crippen LogP contribution in [-0.4, -0.2) is 89.0 Å². The highest BCUT2D eigenvalue weighted by molar-refractivity contribution is 6.00. The van der Waals surface area contributed by atoms with Gasteiger partial charge in [-0.05, 0) is 12.1 Å². The van der Waals surface area contributed by atoms with Gasteiger partial charge in [-0.1, -0.05) is 12.1 Å². The van der Waals surface area contributed by atoms with E-state index in [2.05, 4.69) is 0 Å². The first-order chi connectivity index (χ1) is 12.5. The maximum atomic E-state index is 12.9. The van der Waals surface area contributed by atoms with E-state index in [0.29, 0.717) is 24.4 Å². The zero-order valence-electron chi connectivity index (χ0n) is 14.5. The number of fused-ring (bicyclic) bond motifs is 2. The number of aliphatic hydroxyl groups is 1. The van der Waals surface area contributed by atoms with Crippen LogP contribution >= 0.6 is 0 Å². The monoisotopic (exact) mass is 359 g/mol. The summed E-state index contributed by atoms with van der Waals surface area (Å²) >= 11 is 0. The lowest BCUT2D eigenvalue weighted by Crippen LogP contribution is -2.69. The molecule has 0 bridgehead atoms. The minimum atomic E-state index is -0.684. The second-order valence-corrected chi connectivity index (χ2v) is 6.89. The number of nitrogens with zero attached hydrogens (tertiary/aromatic N) is 3. The molecule has 3 amide bonds. The fourth-order valence-electron chi connectivity index (χ4n) is 4.11. The first-order valence-electron chi connectivity index (χ1n) is 8.72. The molecule has 3 atom stereocenters. The molecule has 1 aromatic carbocycles. The first kappa shape index (κ1) is 16.8. The van der Waals surface area contributed by atoms with Crippen LogP contribution in [0.4, 0.5) is 0 Å². The average Bonchev–Trinajstić information content (AvgIpc) is 3.07. The number of aliphatic hydroxyl groups excluding tert-OH is 1. The normalized spacial score (nSPS) is 28.1. The minimum absolute atomic E-state index is 0.129. The molecule has 0 unspecified atom stereocenters. The van der Waals surface area contributed by atoms with Crippen LogP contribution in [-0.2, 0) is 9.59 Å². The largest absolute Gasteiger partial charge is 0.496 e. The molecule has 1 aromatic rings. The number of amides is 3. The van der Waals surface area contributed by atoms with Gasteiger partial charge in [-0.2, -0.15) is 0 Å².